The lowest BCUT2D eigenvalue weighted by molar-refractivity contribution is -0.130. The van der Waals surface area contributed by atoms with Crippen LogP contribution in [-0.2, 0) is 4.79 Å². The number of halogens is 6. The summed E-state index contributed by atoms with van der Waals surface area (Å²) in [6.45, 7) is 0. The Hall–Kier alpha value is 0.760. The quantitative estimate of drug-likeness (QED) is 0.278. The molecule has 92 valence electrons. The summed E-state index contributed by atoms with van der Waals surface area (Å²) >= 11 is 16.3. The van der Waals surface area contributed by atoms with Crippen LogP contribution in [0.4, 0.5) is 4.39 Å². The van der Waals surface area contributed by atoms with E-state index in [1.807, 2.05) is 0 Å². The lowest BCUT2D eigenvalue weighted by atomic mass is 10.1. The van der Waals surface area contributed by atoms with Gasteiger partial charge in [-0.25, -0.2) is 9.18 Å². The molecule has 0 spiro atoms. The molecule has 0 unspecified atom stereocenters. The predicted octanol–water partition coefficient (Wildman–Crippen LogP) is 5.89. The van der Waals surface area contributed by atoms with Crippen LogP contribution >= 0.6 is 79.6 Å². The van der Waals surface area contributed by atoms with Crippen LogP contribution < -0.4 is 0 Å². The summed E-state index contributed by atoms with van der Waals surface area (Å²) in [4.78, 5) is 11.0. The van der Waals surface area contributed by atoms with Gasteiger partial charge in [0.2, 0.25) is 0 Å². The fraction of sp³-hybridized carbons (Fsp3) is 0. The van der Waals surface area contributed by atoms with Gasteiger partial charge in [-0.2, -0.15) is 0 Å². The highest BCUT2D eigenvalue weighted by atomic mass is 79.9. The molecule has 2 nitrogen and oxygen atoms in total. The summed E-state index contributed by atoms with van der Waals surface area (Å²) in [6, 6.07) is 0. The third kappa shape index (κ3) is 3.02. The molecular weight excluding hydrogens is 559 g/mol. The molecule has 0 radical (unpaired) electrons. The van der Waals surface area contributed by atoms with E-state index in [0.29, 0.717) is 22.4 Å². The molecule has 0 aliphatic carbocycles. The minimum Gasteiger partial charge on any atom is -0.478 e. The third-order valence-electron chi connectivity index (χ3n) is 1.82. The Bertz CT molecular complexity index is 498. The van der Waals surface area contributed by atoms with Gasteiger partial charge in [-0.1, -0.05) is 0 Å². The normalized spacial score (nSPS) is 11.8. The number of hydrogen-bond donors (Lipinski definition) is 1. The Kier molecular flexibility index (Phi) is 5.84. The molecule has 1 N–H and O–H groups in total. The lowest BCUT2D eigenvalue weighted by Crippen LogP contribution is -2.02. The largest absolute Gasteiger partial charge is 0.478 e. The maximum absolute atomic E-state index is 12.7. The molecule has 1 aromatic carbocycles. The molecule has 0 aromatic heterocycles. The molecule has 0 saturated heterocycles. The van der Waals surface area contributed by atoms with Crippen molar-refractivity contribution in [3.8, 4) is 0 Å². The topological polar surface area (TPSA) is 37.3 Å². The predicted molar refractivity (Wildman–Crippen MR) is 81.7 cm³/mol. The lowest BCUT2D eigenvalue weighted by Gasteiger charge is -2.13. The van der Waals surface area contributed by atoms with Gasteiger partial charge < -0.3 is 5.11 Å². The van der Waals surface area contributed by atoms with E-state index in [1.54, 1.807) is 0 Å². The van der Waals surface area contributed by atoms with Crippen LogP contribution in [0.15, 0.2) is 28.7 Å². The smallest absolute Gasteiger partial charge is 0.338 e. The second kappa shape index (κ2) is 6.27. The van der Waals surface area contributed by atoms with E-state index in [0.717, 1.165) is 0 Å². The van der Waals surface area contributed by atoms with Gasteiger partial charge in [-0.15, -0.1) is 0 Å². The van der Waals surface area contributed by atoms with Crippen LogP contribution in [0.25, 0.3) is 5.57 Å². The Morgan fingerprint density at radius 2 is 1.29 bits per heavy atom. The fourth-order valence-corrected chi connectivity index (χ4v) is 4.52. The standard InChI is InChI=1S/C9H2Br5FO2/c10-4-3(2(1-15)9(16)17)5(11)7(13)8(14)6(4)12/h1H,(H,16,17)/b2-1-. The van der Waals surface area contributed by atoms with Crippen molar-refractivity contribution in [1.29, 1.82) is 0 Å². The first kappa shape index (κ1) is 15.8. The van der Waals surface area contributed by atoms with E-state index in [4.69, 9.17) is 5.11 Å². The van der Waals surface area contributed by atoms with E-state index in [2.05, 4.69) is 79.6 Å². The maximum atomic E-state index is 12.7. The first-order chi connectivity index (χ1) is 7.82. The van der Waals surface area contributed by atoms with Gasteiger partial charge in [0.15, 0.2) is 0 Å². The van der Waals surface area contributed by atoms with Crippen molar-refractivity contribution < 1.29 is 14.3 Å². The van der Waals surface area contributed by atoms with Crippen molar-refractivity contribution in [2.45, 2.75) is 0 Å². The zero-order chi connectivity index (χ0) is 13.3. The summed E-state index contributed by atoms with van der Waals surface area (Å²) in [7, 11) is 0. The van der Waals surface area contributed by atoms with Gasteiger partial charge in [0.25, 0.3) is 0 Å². The fourth-order valence-electron chi connectivity index (χ4n) is 1.05. The highest BCUT2D eigenvalue weighted by molar-refractivity contribution is 9.15. The Balaban J connectivity index is 3.72. The van der Waals surface area contributed by atoms with E-state index in [1.165, 1.54) is 0 Å². The molecule has 0 amide bonds. The Morgan fingerprint density at radius 3 is 1.59 bits per heavy atom. The van der Waals surface area contributed by atoms with Gasteiger partial charge in [0, 0.05) is 27.9 Å². The minimum atomic E-state index is -1.35. The average molecular weight is 561 g/mol. The zero-order valence-corrected chi connectivity index (χ0v) is 15.6. The molecular formula is C9H2Br5FO2. The van der Waals surface area contributed by atoms with Crippen LogP contribution in [0.1, 0.15) is 5.56 Å². The van der Waals surface area contributed by atoms with E-state index in [9.17, 15) is 9.18 Å². The molecule has 1 rings (SSSR count). The SMILES string of the molecule is O=C(O)/C(=C\F)c1c(Br)c(Br)c(Br)c(Br)c1Br. The van der Waals surface area contributed by atoms with Crippen molar-refractivity contribution in [1.82, 2.24) is 0 Å². The number of carboxylic acids is 1. The summed E-state index contributed by atoms with van der Waals surface area (Å²) < 4.78 is 15.4. The number of carbonyl (C=O) groups is 1. The number of hydrogen-bond acceptors (Lipinski definition) is 1. The molecule has 1 aromatic rings. The molecule has 0 aliphatic heterocycles. The van der Waals surface area contributed by atoms with Gasteiger partial charge in [0.05, 0.1) is 5.57 Å². The molecule has 0 heterocycles. The van der Waals surface area contributed by atoms with Crippen molar-refractivity contribution in [2.75, 3.05) is 0 Å². The monoisotopic (exact) mass is 556 g/mol. The first-order valence-corrected chi connectivity index (χ1v) is 7.84. The summed E-state index contributed by atoms with van der Waals surface area (Å²) in [5, 5.41) is 8.93. The second-order valence-electron chi connectivity index (χ2n) is 2.77. The van der Waals surface area contributed by atoms with Gasteiger partial charge in [0.1, 0.15) is 6.33 Å². The number of benzene rings is 1. The summed E-state index contributed by atoms with van der Waals surface area (Å²) in [5.74, 6) is -1.35. The molecule has 0 bridgehead atoms. The van der Waals surface area contributed by atoms with E-state index >= 15 is 0 Å². The van der Waals surface area contributed by atoms with Crippen LogP contribution in [0.3, 0.4) is 0 Å². The number of rotatable bonds is 2. The average Bonchev–Trinajstić information content (AvgIpc) is 2.29. The number of aliphatic carboxylic acids is 1. The van der Waals surface area contributed by atoms with Crippen molar-refractivity contribution in [3.63, 3.8) is 0 Å². The van der Waals surface area contributed by atoms with E-state index in [-0.39, 0.29) is 11.9 Å². The van der Waals surface area contributed by atoms with Crippen molar-refractivity contribution in [3.05, 3.63) is 34.3 Å². The van der Waals surface area contributed by atoms with Crippen LogP contribution in [0, 0.1) is 0 Å². The molecule has 0 atom stereocenters. The maximum Gasteiger partial charge on any atom is 0.338 e. The van der Waals surface area contributed by atoms with Crippen LogP contribution in [0.5, 0.6) is 0 Å². The van der Waals surface area contributed by atoms with E-state index < -0.39 is 11.5 Å². The molecule has 0 aliphatic rings. The molecule has 17 heavy (non-hydrogen) atoms. The highest BCUT2D eigenvalue weighted by Gasteiger charge is 2.23. The van der Waals surface area contributed by atoms with Crippen LogP contribution in [-0.4, -0.2) is 11.1 Å². The van der Waals surface area contributed by atoms with Gasteiger partial charge in [-0.3, -0.25) is 0 Å². The third-order valence-corrected chi connectivity index (χ3v) is 7.91. The molecule has 0 saturated carbocycles. The zero-order valence-electron chi connectivity index (χ0n) is 7.70. The van der Waals surface area contributed by atoms with Crippen molar-refractivity contribution in [2.24, 2.45) is 0 Å². The summed E-state index contributed by atoms with van der Waals surface area (Å²) in [5.41, 5.74) is -0.236. The first-order valence-electron chi connectivity index (χ1n) is 3.88. The van der Waals surface area contributed by atoms with Crippen LogP contribution in [0.2, 0.25) is 0 Å². The van der Waals surface area contributed by atoms with Gasteiger partial charge >= 0.3 is 5.97 Å². The number of carboxylic acid groups (broad SMARTS) is 1. The minimum absolute atomic E-state index is 0.0555. The Morgan fingerprint density at radius 1 is 0.941 bits per heavy atom. The second-order valence-corrected chi connectivity index (χ2v) is 6.74. The molecule has 0 fully saturated rings. The Labute approximate surface area is 138 Å². The van der Waals surface area contributed by atoms with Crippen molar-refractivity contribution >= 4 is 91.2 Å². The highest BCUT2D eigenvalue weighted by Crippen LogP contribution is 2.46. The summed E-state index contributed by atoms with van der Waals surface area (Å²) in [6.07, 6.45) is 0.0555. The molecule has 8 heteroatoms. The van der Waals surface area contributed by atoms with Gasteiger partial charge in [-0.05, 0) is 79.6 Å².